The molecule has 0 bridgehead atoms. The average molecular weight is 427 g/mol. The molecule has 28 heavy (non-hydrogen) atoms. The summed E-state index contributed by atoms with van der Waals surface area (Å²) in [4.78, 5) is 12.3. The van der Waals surface area contributed by atoms with E-state index < -0.39 is 33.6 Å². The molecule has 0 fully saturated rings. The van der Waals surface area contributed by atoms with Gasteiger partial charge in [0.1, 0.15) is 0 Å². The Balaban J connectivity index is 0.000000500. The number of halogens is 2. The molecule has 0 unspecified atom stereocenters. The van der Waals surface area contributed by atoms with Gasteiger partial charge in [-0.15, -0.1) is 11.3 Å². The SMILES string of the molecule is CS(=O)(=O)O.N=C(N)NC(=O)c1cc2c(-c3ccc(F)c(F)c3)cccc2s1. The number of carbonyl (C=O) groups excluding carboxylic acids is 1. The summed E-state index contributed by atoms with van der Waals surface area (Å²) in [5.41, 5.74) is 6.37. The quantitative estimate of drug-likeness (QED) is 0.283. The molecule has 0 saturated carbocycles. The summed E-state index contributed by atoms with van der Waals surface area (Å²) >= 11 is 1.23. The van der Waals surface area contributed by atoms with Crippen molar-refractivity contribution in [2.75, 3.05) is 6.26 Å². The van der Waals surface area contributed by atoms with Crippen LogP contribution in [0.15, 0.2) is 42.5 Å². The minimum absolute atomic E-state index is 0.380. The molecule has 3 aromatic rings. The Hall–Kier alpha value is -2.89. The lowest BCUT2D eigenvalue weighted by Crippen LogP contribution is -2.35. The van der Waals surface area contributed by atoms with Gasteiger partial charge in [0, 0.05) is 10.1 Å². The van der Waals surface area contributed by atoms with Crippen molar-refractivity contribution >= 4 is 43.4 Å². The maximum absolute atomic E-state index is 13.5. The minimum Gasteiger partial charge on any atom is -0.370 e. The van der Waals surface area contributed by atoms with E-state index in [0.29, 0.717) is 22.3 Å². The summed E-state index contributed by atoms with van der Waals surface area (Å²) in [5, 5.41) is 10.1. The summed E-state index contributed by atoms with van der Waals surface area (Å²) < 4.78 is 53.3. The number of guanidine groups is 1. The maximum Gasteiger partial charge on any atom is 0.268 e. The van der Waals surface area contributed by atoms with Crippen LogP contribution in [0.5, 0.6) is 0 Å². The van der Waals surface area contributed by atoms with Gasteiger partial charge in [-0.05, 0) is 35.4 Å². The topological polar surface area (TPSA) is 133 Å². The van der Waals surface area contributed by atoms with Gasteiger partial charge in [0.25, 0.3) is 16.0 Å². The third-order valence-corrected chi connectivity index (χ3v) is 4.36. The molecular weight excluding hydrogens is 412 g/mol. The lowest BCUT2D eigenvalue weighted by atomic mass is 10.0. The van der Waals surface area contributed by atoms with Crippen LogP contribution in [-0.2, 0) is 10.1 Å². The fourth-order valence-electron chi connectivity index (χ4n) is 2.27. The molecule has 3 rings (SSSR count). The second-order valence-electron chi connectivity index (χ2n) is 5.56. The smallest absolute Gasteiger partial charge is 0.268 e. The lowest BCUT2D eigenvalue weighted by Gasteiger charge is -2.04. The Morgan fingerprint density at radius 2 is 1.82 bits per heavy atom. The number of nitrogens with two attached hydrogens (primary N) is 1. The Bertz CT molecular complexity index is 1150. The summed E-state index contributed by atoms with van der Waals surface area (Å²) in [6.07, 6.45) is 0.715. The van der Waals surface area contributed by atoms with Crippen LogP contribution >= 0.6 is 11.3 Å². The first-order valence-corrected chi connectivity index (χ1v) is 10.2. The highest BCUT2D eigenvalue weighted by atomic mass is 32.2. The molecule has 0 aliphatic carbocycles. The second-order valence-corrected chi connectivity index (χ2v) is 8.11. The van der Waals surface area contributed by atoms with Gasteiger partial charge >= 0.3 is 0 Å². The standard InChI is InChI=1S/C16H11F2N3OS.CH4O3S/c17-11-5-4-8(6-12(11)18)9-2-1-3-13-10(9)7-14(23-13)15(22)21-16(19)20;1-5(2,3)4/h1-7H,(H4,19,20,21,22);1H3,(H,2,3,4). The molecular formula is C17H15F2N3O4S2. The van der Waals surface area contributed by atoms with Crippen LogP contribution in [0.2, 0.25) is 0 Å². The van der Waals surface area contributed by atoms with Gasteiger partial charge in [0.2, 0.25) is 0 Å². The maximum atomic E-state index is 13.5. The minimum atomic E-state index is -3.67. The van der Waals surface area contributed by atoms with E-state index in [1.807, 2.05) is 6.07 Å². The molecule has 0 spiro atoms. The summed E-state index contributed by atoms with van der Waals surface area (Å²) in [6.45, 7) is 0. The zero-order valence-corrected chi connectivity index (χ0v) is 16.0. The van der Waals surface area contributed by atoms with Crippen molar-refractivity contribution in [3.63, 3.8) is 0 Å². The first-order chi connectivity index (χ1) is 13.0. The van der Waals surface area contributed by atoms with E-state index in [1.54, 1.807) is 18.2 Å². The van der Waals surface area contributed by atoms with Crippen molar-refractivity contribution in [2.45, 2.75) is 0 Å². The fourth-order valence-corrected chi connectivity index (χ4v) is 3.25. The van der Waals surface area contributed by atoms with Crippen LogP contribution < -0.4 is 11.1 Å². The fraction of sp³-hybridized carbons (Fsp3) is 0.0588. The molecule has 1 amide bonds. The van der Waals surface area contributed by atoms with Crippen LogP contribution in [0.25, 0.3) is 21.2 Å². The molecule has 11 heteroatoms. The van der Waals surface area contributed by atoms with Crippen molar-refractivity contribution in [1.29, 1.82) is 5.41 Å². The van der Waals surface area contributed by atoms with Gasteiger partial charge in [0.05, 0.1) is 11.1 Å². The van der Waals surface area contributed by atoms with Crippen molar-refractivity contribution < 1.29 is 26.5 Å². The van der Waals surface area contributed by atoms with Crippen LogP contribution in [0.1, 0.15) is 9.67 Å². The number of amides is 1. The number of rotatable bonds is 2. The van der Waals surface area contributed by atoms with E-state index in [-0.39, 0.29) is 0 Å². The number of hydrogen-bond donors (Lipinski definition) is 4. The molecule has 0 saturated heterocycles. The molecule has 148 valence electrons. The third kappa shape index (κ3) is 5.81. The van der Waals surface area contributed by atoms with Crippen LogP contribution in [0.4, 0.5) is 8.78 Å². The van der Waals surface area contributed by atoms with Crippen molar-refractivity contribution in [3.05, 3.63) is 59.0 Å². The Morgan fingerprint density at radius 1 is 1.18 bits per heavy atom. The van der Waals surface area contributed by atoms with Crippen LogP contribution in [-0.4, -0.2) is 31.1 Å². The zero-order chi connectivity index (χ0) is 21.1. The van der Waals surface area contributed by atoms with Gasteiger partial charge in [-0.2, -0.15) is 8.42 Å². The molecule has 1 aromatic heterocycles. The zero-order valence-electron chi connectivity index (χ0n) is 14.4. The lowest BCUT2D eigenvalue weighted by molar-refractivity contribution is 0.0980. The highest BCUT2D eigenvalue weighted by Crippen LogP contribution is 2.34. The number of thiophene rings is 1. The predicted octanol–water partition coefficient (Wildman–Crippen LogP) is 2.97. The van der Waals surface area contributed by atoms with E-state index in [4.69, 9.17) is 15.7 Å². The molecule has 0 aliphatic rings. The predicted molar refractivity (Wildman–Crippen MR) is 104 cm³/mol. The van der Waals surface area contributed by atoms with E-state index in [2.05, 4.69) is 5.32 Å². The molecule has 1 heterocycles. The van der Waals surface area contributed by atoms with E-state index in [0.717, 1.165) is 22.2 Å². The van der Waals surface area contributed by atoms with Gasteiger partial charge in [-0.3, -0.25) is 20.1 Å². The highest BCUT2D eigenvalue weighted by molar-refractivity contribution is 7.85. The molecule has 5 N–H and O–H groups in total. The monoisotopic (exact) mass is 427 g/mol. The molecule has 2 aromatic carbocycles. The van der Waals surface area contributed by atoms with Crippen molar-refractivity contribution in [2.24, 2.45) is 5.73 Å². The first kappa shape index (κ1) is 21.4. The van der Waals surface area contributed by atoms with Crippen LogP contribution in [0, 0.1) is 17.0 Å². The van der Waals surface area contributed by atoms with E-state index in [1.165, 1.54) is 17.4 Å². The largest absolute Gasteiger partial charge is 0.370 e. The Morgan fingerprint density at radius 3 is 2.39 bits per heavy atom. The first-order valence-electron chi connectivity index (χ1n) is 7.51. The van der Waals surface area contributed by atoms with E-state index in [9.17, 15) is 22.0 Å². The van der Waals surface area contributed by atoms with E-state index >= 15 is 0 Å². The van der Waals surface area contributed by atoms with Gasteiger partial charge < -0.3 is 5.73 Å². The van der Waals surface area contributed by atoms with Gasteiger partial charge in [-0.25, -0.2) is 8.78 Å². The van der Waals surface area contributed by atoms with Crippen molar-refractivity contribution in [3.8, 4) is 11.1 Å². The number of fused-ring (bicyclic) bond motifs is 1. The summed E-state index contributed by atoms with van der Waals surface area (Å²) in [6, 6.07) is 10.7. The normalized spacial score (nSPS) is 10.9. The molecule has 0 radical (unpaired) electrons. The molecule has 0 aliphatic heterocycles. The number of hydrogen-bond acceptors (Lipinski definition) is 5. The second kappa shape index (κ2) is 8.42. The van der Waals surface area contributed by atoms with Gasteiger partial charge in [-0.1, -0.05) is 18.2 Å². The van der Waals surface area contributed by atoms with Gasteiger partial charge in [0.15, 0.2) is 17.6 Å². The summed E-state index contributed by atoms with van der Waals surface area (Å²) in [5.74, 6) is -2.75. The Labute approximate surface area is 163 Å². The van der Waals surface area contributed by atoms with Crippen molar-refractivity contribution in [1.82, 2.24) is 5.32 Å². The molecule has 7 nitrogen and oxygen atoms in total. The van der Waals surface area contributed by atoms with Crippen LogP contribution in [0.3, 0.4) is 0 Å². The molecule has 0 atom stereocenters. The average Bonchev–Trinajstić information content (AvgIpc) is 2.99. The summed E-state index contributed by atoms with van der Waals surface area (Å²) in [7, 11) is -3.67. The number of nitrogens with one attached hydrogen (secondary N) is 2. The highest BCUT2D eigenvalue weighted by Gasteiger charge is 2.14. The Kier molecular flexibility index (Phi) is 6.44. The number of carbonyl (C=O) groups is 1. The number of benzene rings is 2. The third-order valence-electron chi connectivity index (χ3n) is 3.26.